The highest BCUT2D eigenvalue weighted by molar-refractivity contribution is 5.77. The maximum absolute atomic E-state index is 5.68. The molecule has 0 aromatic rings. The summed E-state index contributed by atoms with van der Waals surface area (Å²) in [4.78, 5) is 4.35. The highest BCUT2D eigenvalue weighted by atomic mass is 16.5. The van der Waals surface area contributed by atoms with Gasteiger partial charge in [0.2, 0.25) is 0 Å². The van der Waals surface area contributed by atoms with Crippen LogP contribution in [0.25, 0.3) is 0 Å². The van der Waals surface area contributed by atoms with Gasteiger partial charge in [-0.15, -0.1) is 0 Å². The van der Waals surface area contributed by atoms with Gasteiger partial charge in [-0.25, -0.2) is 0 Å². The molecule has 1 heterocycles. The number of nitrogens with two attached hydrogens (primary N) is 1. The first kappa shape index (κ1) is 8.05. The van der Waals surface area contributed by atoms with Crippen molar-refractivity contribution in [1.82, 2.24) is 0 Å². The number of hydrogen-bond donors (Lipinski definition) is 1. The van der Waals surface area contributed by atoms with Crippen molar-refractivity contribution < 1.29 is 4.74 Å². The molecule has 1 aliphatic heterocycles. The summed E-state index contributed by atoms with van der Waals surface area (Å²) in [7, 11) is 0. The Morgan fingerprint density at radius 2 is 2.33 bits per heavy atom. The summed E-state index contributed by atoms with van der Waals surface area (Å²) in [5.74, 6) is 1.75. The fourth-order valence-electron chi connectivity index (χ4n) is 1.55. The Balaban J connectivity index is 1.72. The van der Waals surface area contributed by atoms with Gasteiger partial charge in [-0.3, -0.25) is 4.99 Å². The van der Waals surface area contributed by atoms with Crippen LogP contribution >= 0.6 is 0 Å². The Kier molecular flexibility index (Phi) is 2.30. The largest absolute Gasteiger partial charge is 0.475 e. The maximum Gasteiger partial charge on any atom is 0.183 e. The molecule has 1 fully saturated rings. The third kappa shape index (κ3) is 1.78. The van der Waals surface area contributed by atoms with Crippen LogP contribution in [0.2, 0.25) is 0 Å². The molecule has 1 saturated carbocycles. The predicted molar refractivity (Wildman–Crippen MR) is 48.2 cm³/mol. The number of hydrogen-bond acceptors (Lipinski definition) is 3. The summed E-state index contributed by atoms with van der Waals surface area (Å²) in [5.41, 5.74) is 5.40. The predicted octanol–water partition coefficient (Wildman–Crippen LogP) is 0.933. The first-order chi connectivity index (χ1) is 5.90. The van der Waals surface area contributed by atoms with Crippen molar-refractivity contribution in [2.75, 3.05) is 13.1 Å². The van der Waals surface area contributed by atoms with Gasteiger partial charge < -0.3 is 10.5 Å². The van der Waals surface area contributed by atoms with E-state index in [0.717, 1.165) is 37.7 Å². The molecule has 1 aliphatic carbocycles. The molecule has 2 N–H and O–H groups in total. The summed E-state index contributed by atoms with van der Waals surface area (Å²) in [6.45, 7) is 1.63. The minimum absolute atomic E-state index is 0.415. The molecule has 0 spiro atoms. The average molecular weight is 168 g/mol. The Labute approximate surface area is 73.0 Å². The third-order valence-electron chi connectivity index (χ3n) is 2.48. The standard InChI is InChI=1S/C9H16N2O/c10-5-1-2-9-11-6-8(12-9)7-3-4-7/h7-8H,1-6,10H2. The molecule has 1 atom stereocenters. The normalized spacial score (nSPS) is 28.4. The number of ether oxygens (including phenoxy) is 1. The molecular formula is C9H16N2O. The van der Waals surface area contributed by atoms with E-state index in [4.69, 9.17) is 10.5 Å². The van der Waals surface area contributed by atoms with Gasteiger partial charge in [0.15, 0.2) is 5.90 Å². The molecule has 0 aromatic heterocycles. The molecular weight excluding hydrogens is 152 g/mol. The zero-order valence-corrected chi connectivity index (χ0v) is 7.33. The summed E-state index contributed by atoms with van der Waals surface area (Å²) in [6.07, 6.45) is 5.02. The molecule has 0 amide bonds. The van der Waals surface area contributed by atoms with E-state index in [1.165, 1.54) is 12.8 Å². The van der Waals surface area contributed by atoms with Crippen molar-refractivity contribution in [3.05, 3.63) is 0 Å². The molecule has 0 radical (unpaired) electrons. The van der Waals surface area contributed by atoms with Crippen LogP contribution in [0.1, 0.15) is 25.7 Å². The summed E-state index contributed by atoms with van der Waals surface area (Å²) in [5, 5.41) is 0. The van der Waals surface area contributed by atoms with E-state index in [-0.39, 0.29) is 0 Å². The van der Waals surface area contributed by atoms with E-state index >= 15 is 0 Å². The van der Waals surface area contributed by atoms with Gasteiger partial charge in [0.05, 0.1) is 6.54 Å². The van der Waals surface area contributed by atoms with Gasteiger partial charge in [-0.05, 0) is 31.7 Å². The van der Waals surface area contributed by atoms with Crippen LogP contribution in [-0.4, -0.2) is 25.1 Å². The highest BCUT2D eigenvalue weighted by Gasteiger charge is 2.35. The van der Waals surface area contributed by atoms with Gasteiger partial charge in [0.25, 0.3) is 0 Å². The second-order valence-electron chi connectivity index (χ2n) is 3.62. The van der Waals surface area contributed by atoms with Crippen LogP contribution < -0.4 is 5.73 Å². The molecule has 68 valence electrons. The van der Waals surface area contributed by atoms with E-state index in [2.05, 4.69) is 4.99 Å². The first-order valence-corrected chi connectivity index (χ1v) is 4.80. The lowest BCUT2D eigenvalue weighted by molar-refractivity contribution is 0.194. The Hall–Kier alpha value is -0.570. The molecule has 2 rings (SSSR count). The SMILES string of the molecule is NCCCC1=NCC(C2CC2)O1. The average Bonchev–Trinajstić information content (AvgIpc) is 2.83. The van der Waals surface area contributed by atoms with E-state index in [1.54, 1.807) is 0 Å². The lowest BCUT2D eigenvalue weighted by Crippen LogP contribution is -2.15. The van der Waals surface area contributed by atoms with E-state index in [1.807, 2.05) is 0 Å². The highest BCUT2D eigenvalue weighted by Crippen LogP contribution is 2.36. The van der Waals surface area contributed by atoms with Crippen LogP contribution in [0, 0.1) is 5.92 Å². The summed E-state index contributed by atoms with van der Waals surface area (Å²) < 4.78 is 5.68. The Bertz CT molecular complexity index is 187. The van der Waals surface area contributed by atoms with Crippen molar-refractivity contribution in [2.45, 2.75) is 31.8 Å². The summed E-state index contributed by atoms with van der Waals surface area (Å²) in [6, 6.07) is 0. The zero-order chi connectivity index (χ0) is 8.39. The van der Waals surface area contributed by atoms with Crippen LogP contribution in [0.5, 0.6) is 0 Å². The minimum Gasteiger partial charge on any atom is -0.475 e. The van der Waals surface area contributed by atoms with Crippen molar-refractivity contribution >= 4 is 5.90 Å². The minimum atomic E-state index is 0.415. The Morgan fingerprint density at radius 3 is 3.00 bits per heavy atom. The van der Waals surface area contributed by atoms with Crippen molar-refractivity contribution in [3.8, 4) is 0 Å². The fourth-order valence-corrected chi connectivity index (χ4v) is 1.55. The van der Waals surface area contributed by atoms with Gasteiger partial charge in [0.1, 0.15) is 6.10 Å². The molecule has 3 heteroatoms. The quantitative estimate of drug-likeness (QED) is 0.679. The van der Waals surface area contributed by atoms with Gasteiger partial charge in [-0.1, -0.05) is 0 Å². The Morgan fingerprint density at radius 1 is 1.50 bits per heavy atom. The topological polar surface area (TPSA) is 47.6 Å². The van der Waals surface area contributed by atoms with Crippen LogP contribution in [0.15, 0.2) is 4.99 Å². The monoisotopic (exact) mass is 168 g/mol. The second kappa shape index (κ2) is 3.44. The van der Waals surface area contributed by atoms with Gasteiger partial charge in [-0.2, -0.15) is 0 Å². The third-order valence-corrected chi connectivity index (χ3v) is 2.48. The van der Waals surface area contributed by atoms with E-state index in [0.29, 0.717) is 6.10 Å². The number of aliphatic imine (C=N–C) groups is 1. The van der Waals surface area contributed by atoms with Crippen molar-refractivity contribution in [3.63, 3.8) is 0 Å². The van der Waals surface area contributed by atoms with Gasteiger partial charge >= 0.3 is 0 Å². The lowest BCUT2D eigenvalue weighted by atomic mass is 10.2. The maximum atomic E-state index is 5.68. The van der Waals surface area contributed by atoms with Crippen LogP contribution in [0.3, 0.4) is 0 Å². The van der Waals surface area contributed by atoms with Gasteiger partial charge in [0, 0.05) is 6.42 Å². The van der Waals surface area contributed by atoms with E-state index in [9.17, 15) is 0 Å². The molecule has 2 aliphatic rings. The van der Waals surface area contributed by atoms with Crippen molar-refractivity contribution in [1.29, 1.82) is 0 Å². The van der Waals surface area contributed by atoms with Crippen LogP contribution in [-0.2, 0) is 4.74 Å². The molecule has 0 bridgehead atoms. The summed E-state index contributed by atoms with van der Waals surface area (Å²) >= 11 is 0. The fraction of sp³-hybridized carbons (Fsp3) is 0.889. The first-order valence-electron chi connectivity index (χ1n) is 4.80. The number of nitrogens with zero attached hydrogens (tertiary/aromatic N) is 1. The van der Waals surface area contributed by atoms with Crippen molar-refractivity contribution in [2.24, 2.45) is 16.6 Å². The smallest absolute Gasteiger partial charge is 0.183 e. The molecule has 0 saturated heterocycles. The second-order valence-corrected chi connectivity index (χ2v) is 3.62. The molecule has 12 heavy (non-hydrogen) atoms. The molecule has 3 nitrogen and oxygen atoms in total. The van der Waals surface area contributed by atoms with E-state index < -0.39 is 0 Å². The molecule has 1 unspecified atom stereocenters. The zero-order valence-electron chi connectivity index (χ0n) is 7.33. The lowest BCUT2D eigenvalue weighted by Gasteiger charge is -2.08. The number of rotatable bonds is 4. The molecule has 0 aromatic carbocycles. The van der Waals surface area contributed by atoms with Crippen LogP contribution in [0.4, 0.5) is 0 Å².